The summed E-state index contributed by atoms with van der Waals surface area (Å²) in [5, 5.41) is 11.8. The van der Waals surface area contributed by atoms with Gasteiger partial charge >= 0.3 is 5.97 Å². The number of benzene rings is 1. The van der Waals surface area contributed by atoms with Gasteiger partial charge in [0.15, 0.2) is 6.04 Å². The zero-order valence-corrected chi connectivity index (χ0v) is 12.7. The van der Waals surface area contributed by atoms with Gasteiger partial charge in [0.2, 0.25) is 5.91 Å². The lowest BCUT2D eigenvalue weighted by Crippen LogP contribution is -2.39. The van der Waals surface area contributed by atoms with E-state index in [4.69, 9.17) is 4.42 Å². The average molecular weight is 319 g/mol. The predicted molar refractivity (Wildman–Crippen MR) is 84.7 cm³/mol. The monoisotopic (exact) mass is 319 g/mol. The summed E-state index contributed by atoms with van der Waals surface area (Å²) in [5.74, 6) is -1.54. The zero-order chi connectivity index (χ0) is 15.9. The third kappa shape index (κ3) is 4.14. The molecule has 1 aromatic heterocycles. The number of thiol groups is 1. The van der Waals surface area contributed by atoms with E-state index in [1.54, 1.807) is 0 Å². The fourth-order valence-electron chi connectivity index (χ4n) is 2.13. The van der Waals surface area contributed by atoms with Gasteiger partial charge in [-0.3, -0.25) is 4.79 Å². The molecule has 2 N–H and O–H groups in total. The number of amides is 1. The predicted octanol–water partition coefficient (Wildman–Crippen LogP) is 2.31. The first kappa shape index (κ1) is 16.2. The van der Waals surface area contributed by atoms with Gasteiger partial charge in [-0.05, 0) is 18.1 Å². The van der Waals surface area contributed by atoms with Gasteiger partial charge in [0, 0.05) is 11.3 Å². The molecule has 0 aliphatic carbocycles. The van der Waals surface area contributed by atoms with Crippen molar-refractivity contribution >= 4 is 24.5 Å². The van der Waals surface area contributed by atoms with E-state index in [2.05, 4.69) is 17.9 Å². The first-order chi connectivity index (χ1) is 10.6. The Labute approximate surface area is 133 Å². The molecule has 2 atom stereocenters. The Morgan fingerprint density at radius 2 is 1.95 bits per heavy atom. The van der Waals surface area contributed by atoms with E-state index < -0.39 is 17.9 Å². The largest absolute Gasteiger partial charge is 0.479 e. The Morgan fingerprint density at radius 1 is 1.23 bits per heavy atom. The van der Waals surface area contributed by atoms with Gasteiger partial charge in [-0.1, -0.05) is 30.3 Å². The molecule has 2 aromatic rings. The van der Waals surface area contributed by atoms with Gasteiger partial charge < -0.3 is 14.8 Å². The van der Waals surface area contributed by atoms with E-state index in [0.717, 1.165) is 5.56 Å². The van der Waals surface area contributed by atoms with Crippen LogP contribution in [-0.4, -0.2) is 22.7 Å². The molecular formula is C16H17NO4S. The highest BCUT2D eigenvalue weighted by molar-refractivity contribution is 7.80. The summed E-state index contributed by atoms with van der Waals surface area (Å²) in [7, 11) is 0. The maximum atomic E-state index is 12.3. The SMILES string of the molecule is O=C(NC(C(=O)O)c1ccoc1)C(CS)Cc1ccccc1. The molecule has 0 saturated carbocycles. The number of carboxylic acids is 1. The lowest BCUT2D eigenvalue weighted by atomic mass is 9.99. The van der Waals surface area contributed by atoms with Gasteiger partial charge in [-0.25, -0.2) is 4.79 Å². The Morgan fingerprint density at radius 3 is 2.50 bits per heavy atom. The van der Waals surface area contributed by atoms with Crippen molar-refractivity contribution in [2.75, 3.05) is 5.75 Å². The van der Waals surface area contributed by atoms with Crippen molar-refractivity contribution in [1.82, 2.24) is 5.32 Å². The molecule has 22 heavy (non-hydrogen) atoms. The van der Waals surface area contributed by atoms with Crippen LogP contribution in [-0.2, 0) is 16.0 Å². The molecule has 0 fully saturated rings. The van der Waals surface area contributed by atoms with Crippen molar-refractivity contribution in [1.29, 1.82) is 0 Å². The molecule has 0 radical (unpaired) electrons. The number of carbonyl (C=O) groups is 2. The number of carboxylic acid groups (broad SMARTS) is 1. The molecule has 1 amide bonds. The number of nitrogens with one attached hydrogen (secondary N) is 1. The molecule has 0 aliphatic rings. The van der Waals surface area contributed by atoms with E-state index in [1.807, 2.05) is 30.3 Å². The standard InChI is InChI=1S/C16H17NO4S/c18-15(13(10-22)8-11-4-2-1-3-5-11)17-14(16(19)20)12-6-7-21-9-12/h1-7,9,13-14,22H,8,10H2,(H,17,18)(H,19,20). The van der Waals surface area contributed by atoms with Crippen LogP contribution in [0.3, 0.4) is 0 Å². The van der Waals surface area contributed by atoms with Crippen molar-refractivity contribution in [3.05, 3.63) is 60.1 Å². The molecule has 2 unspecified atom stereocenters. The van der Waals surface area contributed by atoms with Crippen LogP contribution < -0.4 is 5.32 Å². The third-order valence-corrected chi connectivity index (χ3v) is 3.77. The highest BCUT2D eigenvalue weighted by atomic mass is 32.1. The summed E-state index contributed by atoms with van der Waals surface area (Å²) in [6.45, 7) is 0. The minimum absolute atomic E-state index is 0.332. The van der Waals surface area contributed by atoms with Crippen LogP contribution >= 0.6 is 12.6 Å². The molecule has 0 saturated heterocycles. The second-order valence-corrected chi connectivity index (χ2v) is 5.27. The van der Waals surface area contributed by atoms with Crippen LogP contribution in [0, 0.1) is 5.92 Å². The van der Waals surface area contributed by atoms with Gasteiger partial charge in [-0.2, -0.15) is 12.6 Å². The Hall–Kier alpha value is -2.21. The minimum Gasteiger partial charge on any atom is -0.479 e. The quantitative estimate of drug-likeness (QED) is 0.684. The number of rotatable bonds is 7. The topological polar surface area (TPSA) is 79.5 Å². The normalized spacial score (nSPS) is 13.3. The number of furan rings is 1. The second-order valence-electron chi connectivity index (χ2n) is 4.91. The number of carbonyl (C=O) groups excluding carboxylic acids is 1. The highest BCUT2D eigenvalue weighted by Crippen LogP contribution is 2.16. The summed E-state index contributed by atoms with van der Waals surface area (Å²) < 4.78 is 4.88. The van der Waals surface area contributed by atoms with Gasteiger partial charge in [0.05, 0.1) is 18.4 Å². The lowest BCUT2D eigenvalue weighted by molar-refractivity contribution is -0.142. The van der Waals surface area contributed by atoms with Crippen LogP contribution in [0.5, 0.6) is 0 Å². The summed E-state index contributed by atoms with van der Waals surface area (Å²) in [6.07, 6.45) is 3.19. The van der Waals surface area contributed by atoms with Crippen molar-refractivity contribution in [3.63, 3.8) is 0 Å². The lowest BCUT2D eigenvalue weighted by Gasteiger charge is -2.18. The molecule has 0 aliphatic heterocycles. The maximum Gasteiger partial charge on any atom is 0.331 e. The second kappa shape index (κ2) is 7.70. The van der Waals surface area contributed by atoms with Crippen LogP contribution in [0.25, 0.3) is 0 Å². The zero-order valence-electron chi connectivity index (χ0n) is 11.8. The molecule has 0 spiro atoms. The molecule has 1 heterocycles. The first-order valence-electron chi connectivity index (χ1n) is 6.82. The van der Waals surface area contributed by atoms with Gasteiger partial charge in [0.1, 0.15) is 0 Å². The van der Waals surface area contributed by atoms with E-state index in [1.165, 1.54) is 18.6 Å². The van der Waals surface area contributed by atoms with Crippen molar-refractivity contribution in [2.45, 2.75) is 12.5 Å². The van der Waals surface area contributed by atoms with Crippen molar-refractivity contribution in [2.24, 2.45) is 5.92 Å². The van der Waals surface area contributed by atoms with E-state index in [-0.39, 0.29) is 5.91 Å². The summed E-state index contributed by atoms with van der Waals surface area (Å²) in [6, 6.07) is 9.94. The summed E-state index contributed by atoms with van der Waals surface area (Å²) in [4.78, 5) is 23.7. The molecule has 1 aromatic carbocycles. The fourth-order valence-corrected chi connectivity index (χ4v) is 2.42. The number of aliphatic carboxylic acids is 1. The molecule has 6 heteroatoms. The van der Waals surface area contributed by atoms with Crippen molar-refractivity contribution in [3.8, 4) is 0 Å². The Bertz CT molecular complexity index is 612. The van der Waals surface area contributed by atoms with Crippen LogP contribution in [0.4, 0.5) is 0 Å². The van der Waals surface area contributed by atoms with Gasteiger partial charge in [0.25, 0.3) is 0 Å². The summed E-state index contributed by atoms with van der Waals surface area (Å²) >= 11 is 4.21. The highest BCUT2D eigenvalue weighted by Gasteiger charge is 2.26. The smallest absolute Gasteiger partial charge is 0.331 e. The number of hydrogen-bond acceptors (Lipinski definition) is 4. The van der Waals surface area contributed by atoms with Gasteiger partial charge in [-0.15, -0.1) is 0 Å². The van der Waals surface area contributed by atoms with Crippen molar-refractivity contribution < 1.29 is 19.1 Å². The molecular weight excluding hydrogens is 302 g/mol. The van der Waals surface area contributed by atoms with Crippen LogP contribution in [0.15, 0.2) is 53.3 Å². The van der Waals surface area contributed by atoms with E-state index >= 15 is 0 Å². The maximum absolute atomic E-state index is 12.3. The third-order valence-electron chi connectivity index (χ3n) is 3.33. The number of hydrogen-bond donors (Lipinski definition) is 3. The average Bonchev–Trinajstić information content (AvgIpc) is 3.04. The Balaban J connectivity index is 2.06. The van der Waals surface area contributed by atoms with Crippen LogP contribution in [0.2, 0.25) is 0 Å². The molecule has 0 bridgehead atoms. The molecule has 116 valence electrons. The molecule has 2 rings (SSSR count). The van der Waals surface area contributed by atoms with E-state index in [0.29, 0.717) is 17.7 Å². The Kier molecular flexibility index (Phi) is 5.66. The first-order valence-corrected chi connectivity index (χ1v) is 7.45. The molecule has 5 nitrogen and oxygen atoms in total. The van der Waals surface area contributed by atoms with E-state index in [9.17, 15) is 14.7 Å². The van der Waals surface area contributed by atoms with Crippen LogP contribution in [0.1, 0.15) is 17.2 Å². The summed E-state index contributed by atoms with van der Waals surface area (Å²) in [5.41, 5.74) is 1.41. The fraction of sp³-hybridized carbons (Fsp3) is 0.250. The minimum atomic E-state index is -1.13.